The number of hydrazone groups is 1. The first kappa shape index (κ1) is 15.3. The van der Waals surface area contributed by atoms with E-state index in [0.29, 0.717) is 18.6 Å². The first-order valence-corrected chi connectivity index (χ1v) is 8.77. The number of nitrogens with one attached hydrogen (secondary N) is 2. The van der Waals surface area contributed by atoms with Gasteiger partial charge in [0.1, 0.15) is 18.4 Å². The zero-order valence-electron chi connectivity index (χ0n) is 14.4. The van der Waals surface area contributed by atoms with E-state index in [1.54, 1.807) is 0 Å². The van der Waals surface area contributed by atoms with Crippen LogP contribution in [-0.4, -0.2) is 30.4 Å². The lowest BCUT2D eigenvalue weighted by Crippen LogP contribution is -2.55. The quantitative estimate of drug-likeness (QED) is 0.895. The number of carbonyl (C=O) groups excluding carboxylic acids is 1. The minimum atomic E-state index is -0.290. The van der Waals surface area contributed by atoms with Crippen molar-refractivity contribution in [2.45, 2.75) is 58.0 Å². The molecule has 128 valence electrons. The van der Waals surface area contributed by atoms with Crippen molar-refractivity contribution < 1.29 is 9.53 Å². The van der Waals surface area contributed by atoms with Gasteiger partial charge < -0.3 is 15.0 Å². The van der Waals surface area contributed by atoms with E-state index in [1.165, 1.54) is 24.8 Å². The number of carbonyl (C=O) groups is 1. The van der Waals surface area contributed by atoms with Gasteiger partial charge in [0.15, 0.2) is 5.84 Å². The molecule has 0 radical (unpaired) electrons. The second kappa shape index (κ2) is 5.69. The van der Waals surface area contributed by atoms with Crippen molar-refractivity contribution in [3.63, 3.8) is 0 Å². The fourth-order valence-corrected chi connectivity index (χ4v) is 3.46. The summed E-state index contributed by atoms with van der Waals surface area (Å²) < 4.78 is 5.92. The van der Waals surface area contributed by atoms with Crippen LogP contribution in [0.1, 0.15) is 51.5 Å². The lowest BCUT2D eigenvalue weighted by Gasteiger charge is -2.39. The van der Waals surface area contributed by atoms with Crippen LogP contribution < -0.4 is 20.4 Å². The highest BCUT2D eigenvalue weighted by molar-refractivity contribution is 6.09. The average molecular weight is 328 g/mol. The zero-order valence-corrected chi connectivity index (χ0v) is 14.4. The fraction of sp³-hybridized carbons (Fsp3) is 0.556. The highest BCUT2D eigenvalue weighted by Gasteiger charge is 2.36. The molecule has 6 nitrogen and oxygen atoms in total. The van der Waals surface area contributed by atoms with Gasteiger partial charge in [0.2, 0.25) is 0 Å². The Morgan fingerprint density at radius 1 is 1.38 bits per heavy atom. The molecule has 0 spiro atoms. The molecule has 0 bridgehead atoms. The number of anilines is 2. The monoisotopic (exact) mass is 328 g/mol. The van der Waals surface area contributed by atoms with E-state index in [-0.39, 0.29) is 11.9 Å². The molecule has 1 amide bonds. The number of amidine groups is 1. The van der Waals surface area contributed by atoms with Gasteiger partial charge in [-0.05, 0) is 49.8 Å². The molecule has 1 aliphatic carbocycles. The molecule has 0 unspecified atom stereocenters. The summed E-state index contributed by atoms with van der Waals surface area (Å²) in [7, 11) is 0. The second-order valence-electron chi connectivity index (χ2n) is 7.17. The molecule has 1 fully saturated rings. The van der Waals surface area contributed by atoms with E-state index >= 15 is 0 Å². The lowest BCUT2D eigenvalue weighted by atomic mass is 9.91. The van der Waals surface area contributed by atoms with Gasteiger partial charge in [-0.25, -0.2) is 5.43 Å². The number of ether oxygens (including phenoxy) is 1. The van der Waals surface area contributed by atoms with Crippen LogP contribution in [0.3, 0.4) is 0 Å². The largest absolute Gasteiger partial charge is 0.483 e. The third kappa shape index (κ3) is 2.41. The number of hydrogen-bond acceptors (Lipinski definition) is 5. The maximum absolute atomic E-state index is 12.0. The molecule has 4 rings (SSSR count). The molecular weight excluding hydrogens is 304 g/mol. The maximum atomic E-state index is 12.0. The Morgan fingerprint density at radius 3 is 2.83 bits per heavy atom. The highest BCUT2D eigenvalue weighted by Crippen LogP contribution is 2.42. The first-order chi connectivity index (χ1) is 11.5. The molecule has 2 N–H and O–H groups in total. The van der Waals surface area contributed by atoms with Gasteiger partial charge in [0, 0.05) is 11.7 Å². The van der Waals surface area contributed by atoms with Gasteiger partial charge >= 0.3 is 0 Å². The third-order valence-corrected chi connectivity index (χ3v) is 5.17. The number of rotatable bonds is 3. The van der Waals surface area contributed by atoms with Gasteiger partial charge in [0.05, 0.1) is 5.69 Å². The Hall–Kier alpha value is -2.24. The van der Waals surface area contributed by atoms with Crippen molar-refractivity contribution in [3.8, 4) is 5.75 Å². The van der Waals surface area contributed by atoms with Gasteiger partial charge in [-0.15, -0.1) is 0 Å². The highest BCUT2D eigenvalue weighted by atomic mass is 16.5. The number of fused-ring (bicyclic) bond motifs is 3. The molecule has 1 saturated carbocycles. The SMILES string of the molecule is CC(C)c1cc2c(cc1NC1CCC1)N1C(=NNC(=O)[C@@H]1C)CO2. The Bertz CT molecular complexity index is 709. The summed E-state index contributed by atoms with van der Waals surface area (Å²) in [6.07, 6.45) is 3.74. The molecule has 2 aliphatic heterocycles. The van der Waals surface area contributed by atoms with Crippen LogP contribution in [0.5, 0.6) is 5.75 Å². The molecule has 1 aromatic rings. The van der Waals surface area contributed by atoms with Gasteiger partial charge in [-0.3, -0.25) is 4.79 Å². The van der Waals surface area contributed by atoms with Crippen LogP contribution >= 0.6 is 0 Å². The molecular formula is C18H24N4O2. The van der Waals surface area contributed by atoms with Crippen LogP contribution in [0.25, 0.3) is 0 Å². The summed E-state index contributed by atoms with van der Waals surface area (Å²) in [5.41, 5.74) is 5.90. The minimum absolute atomic E-state index is 0.0898. The normalized spacial score (nSPS) is 22.8. The van der Waals surface area contributed by atoms with E-state index in [9.17, 15) is 4.79 Å². The van der Waals surface area contributed by atoms with E-state index in [1.807, 2.05) is 11.8 Å². The summed E-state index contributed by atoms with van der Waals surface area (Å²) in [6, 6.07) is 4.52. The number of hydrogen-bond donors (Lipinski definition) is 2. The first-order valence-electron chi connectivity index (χ1n) is 8.77. The summed E-state index contributed by atoms with van der Waals surface area (Å²) in [4.78, 5) is 14.0. The molecule has 1 aromatic carbocycles. The predicted molar refractivity (Wildman–Crippen MR) is 94.8 cm³/mol. The molecule has 1 atom stereocenters. The van der Waals surface area contributed by atoms with Crippen LogP contribution in [0.2, 0.25) is 0 Å². The zero-order chi connectivity index (χ0) is 16.8. The summed E-state index contributed by atoms with van der Waals surface area (Å²) >= 11 is 0. The number of nitrogens with zero attached hydrogens (tertiary/aromatic N) is 2. The molecule has 3 aliphatic rings. The Kier molecular flexibility index (Phi) is 3.62. The molecule has 0 aromatic heterocycles. The summed E-state index contributed by atoms with van der Waals surface area (Å²) in [5, 5.41) is 7.83. The number of amides is 1. The molecule has 24 heavy (non-hydrogen) atoms. The van der Waals surface area contributed by atoms with Crippen molar-refractivity contribution >= 4 is 23.1 Å². The van der Waals surface area contributed by atoms with Crippen molar-refractivity contribution in [2.75, 3.05) is 16.8 Å². The summed E-state index contributed by atoms with van der Waals surface area (Å²) in [6.45, 7) is 6.67. The van der Waals surface area contributed by atoms with E-state index in [0.717, 1.165) is 23.0 Å². The van der Waals surface area contributed by atoms with Crippen molar-refractivity contribution in [1.82, 2.24) is 5.43 Å². The van der Waals surface area contributed by atoms with Crippen LogP contribution in [0.4, 0.5) is 11.4 Å². The van der Waals surface area contributed by atoms with Gasteiger partial charge in [-0.1, -0.05) is 13.8 Å². The lowest BCUT2D eigenvalue weighted by molar-refractivity contribution is -0.122. The minimum Gasteiger partial charge on any atom is -0.483 e. The number of benzene rings is 1. The Labute approximate surface area is 142 Å². The van der Waals surface area contributed by atoms with Crippen molar-refractivity contribution in [3.05, 3.63) is 17.7 Å². The van der Waals surface area contributed by atoms with Crippen LogP contribution in [-0.2, 0) is 4.79 Å². The Morgan fingerprint density at radius 2 is 2.17 bits per heavy atom. The third-order valence-electron chi connectivity index (χ3n) is 5.17. The Balaban J connectivity index is 1.78. The van der Waals surface area contributed by atoms with Crippen molar-refractivity contribution in [2.24, 2.45) is 5.10 Å². The van der Waals surface area contributed by atoms with Gasteiger partial charge in [0.25, 0.3) is 5.91 Å². The standard InChI is InChI=1S/C18H24N4O2/c1-10(2)13-7-16-15(8-14(13)19-12-5-4-6-12)22-11(3)18(23)21-20-17(22)9-24-16/h7-8,10-12,19H,4-6,9H2,1-3H3,(H,21,23)/t11-/m0/s1. The summed E-state index contributed by atoms with van der Waals surface area (Å²) in [5.74, 6) is 1.89. The van der Waals surface area contributed by atoms with E-state index in [4.69, 9.17) is 4.74 Å². The smallest absolute Gasteiger partial charge is 0.262 e. The van der Waals surface area contributed by atoms with Crippen LogP contribution in [0, 0.1) is 0 Å². The predicted octanol–water partition coefficient (Wildman–Crippen LogP) is 2.81. The van der Waals surface area contributed by atoms with E-state index < -0.39 is 0 Å². The second-order valence-corrected chi connectivity index (χ2v) is 7.17. The van der Waals surface area contributed by atoms with Crippen LogP contribution in [0.15, 0.2) is 17.2 Å². The fourth-order valence-electron chi connectivity index (χ4n) is 3.46. The average Bonchev–Trinajstić information content (AvgIpc) is 2.53. The topological polar surface area (TPSA) is 66.0 Å². The van der Waals surface area contributed by atoms with E-state index in [2.05, 4.69) is 41.8 Å². The van der Waals surface area contributed by atoms with Crippen molar-refractivity contribution in [1.29, 1.82) is 0 Å². The maximum Gasteiger partial charge on any atom is 0.262 e. The van der Waals surface area contributed by atoms with Gasteiger partial charge in [-0.2, -0.15) is 5.10 Å². The molecule has 6 heteroatoms. The molecule has 2 heterocycles. The molecule has 0 saturated heterocycles.